The Morgan fingerprint density at radius 3 is 2.77 bits per heavy atom. The molecular formula is C17H24N4O. The lowest BCUT2D eigenvalue weighted by molar-refractivity contribution is 0.211. The molecule has 0 bridgehead atoms. The Kier molecular flexibility index (Phi) is 6.01. The van der Waals surface area contributed by atoms with Crippen molar-refractivity contribution in [2.75, 3.05) is 18.4 Å². The maximum Gasteiger partial charge on any atom is 0.321 e. The Hall–Kier alpha value is -2.30. The number of amides is 2. The zero-order valence-corrected chi connectivity index (χ0v) is 13.3. The number of carbonyl (C=O) groups is 1. The summed E-state index contributed by atoms with van der Waals surface area (Å²) in [4.78, 5) is 14.2. The van der Waals surface area contributed by atoms with Crippen molar-refractivity contribution in [2.45, 2.75) is 33.2 Å². The van der Waals surface area contributed by atoms with Crippen molar-refractivity contribution in [3.8, 4) is 0 Å². The van der Waals surface area contributed by atoms with Crippen molar-refractivity contribution >= 4 is 11.7 Å². The molecule has 5 nitrogen and oxygen atoms in total. The third kappa shape index (κ3) is 4.35. The monoisotopic (exact) mass is 300 g/mol. The second-order valence-electron chi connectivity index (χ2n) is 5.19. The molecule has 0 aliphatic rings. The van der Waals surface area contributed by atoms with Gasteiger partial charge in [-0.05, 0) is 31.0 Å². The third-order valence-corrected chi connectivity index (χ3v) is 3.61. The minimum atomic E-state index is -0.0572. The van der Waals surface area contributed by atoms with Gasteiger partial charge in [-0.15, -0.1) is 0 Å². The van der Waals surface area contributed by atoms with E-state index in [1.165, 1.54) is 5.56 Å². The summed E-state index contributed by atoms with van der Waals surface area (Å²) < 4.78 is 1.83. The van der Waals surface area contributed by atoms with Crippen LogP contribution in [0.15, 0.2) is 42.7 Å². The summed E-state index contributed by atoms with van der Waals surface area (Å²) in [5.41, 5.74) is 2.09. The van der Waals surface area contributed by atoms with Crippen LogP contribution in [0.2, 0.25) is 0 Å². The number of hydrogen-bond donors (Lipinski definition) is 1. The molecule has 0 radical (unpaired) electrons. The Morgan fingerprint density at radius 2 is 2.09 bits per heavy atom. The minimum Gasteiger partial charge on any atom is -0.323 e. The van der Waals surface area contributed by atoms with Crippen LogP contribution in [0.1, 0.15) is 25.8 Å². The van der Waals surface area contributed by atoms with E-state index in [1.807, 2.05) is 42.1 Å². The van der Waals surface area contributed by atoms with Crippen molar-refractivity contribution < 1.29 is 4.79 Å². The van der Waals surface area contributed by atoms with Gasteiger partial charge in [-0.2, -0.15) is 5.10 Å². The van der Waals surface area contributed by atoms with Gasteiger partial charge in [-0.25, -0.2) is 4.79 Å². The summed E-state index contributed by atoms with van der Waals surface area (Å²) in [6, 6.07) is 9.82. The highest BCUT2D eigenvalue weighted by atomic mass is 16.2. The van der Waals surface area contributed by atoms with Gasteiger partial charge in [0.1, 0.15) is 0 Å². The Labute approximate surface area is 131 Å². The number of nitrogens with zero attached hydrogens (tertiary/aromatic N) is 3. The molecule has 118 valence electrons. The predicted molar refractivity (Wildman–Crippen MR) is 88.9 cm³/mol. The van der Waals surface area contributed by atoms with Gasteiger partial charge in [0.25, 0.3) is 0 Å². The lowest BCUT2D eigenvalue weighted by Gasteiger charge is -2.22. The predicted octanol–water partition coefficient (Wildman–Crippen LogP) is 3.39. The van der Waals surface area contributed by atoms with Gasteiger partial charge in [0, 0.05) is 31.2 Å². The van der Waals surface area contributed by atoms with Gasteiger partial charge < -0.3 is 10.2 Å². The molecule has 22 heavy (non-hydrogen) atoms. The summed E-state index contributed by atoms with van der Waals surface area (Å²) in [7, 11) is 0. The van der Waals surface area contributed by atoms with E-state index in [4.69, 9.17) is 0 Å². The molecule has 0 aliphatic carbocycles. The summed E-state index contributed by atoms with van der Waals surface area (Å²) in [5.74, 6) is 0. The second-order valence-corrected chi connectivity index (χ2v) is 5.19. The molecule has 5 heteroatoms. The van der Waals surface area contributed by atoms with Crippen LogP contribution in [0.5, 0.6) is 0 Å². The van der Waals surface area contributed by atoms with E-state index in [-0.39, 0.29) is 6.03 Å². The largest absolute Gasteiger partial charge is 0.323 e. The van der Waals surface area contributed by atoms with E-state index < -0.39 is 0 Å². The SMILES string of the molecule is CCCc1ccccc1NC(=O)N(CC)CCn1cccn1. The number of rotatable bonds is 7. The Bertz CT molecular complexity index is 580. The molecule has 0 saturated heterocycles. The van der Waals surface area contributed by atoms with Gasteiger partial charge in [0.2, 0.25) is 0 Å². The van der Waals surface area contributed by atoms with Crippen molar-refractivity contribution in [2.24, 2.45) is 0 Å². The van der Waals surface area contributed by atoms with Crippen LogP contribution in [0.3, 0.4) is 0 Å². The smallest absolute Gasteiger partial charge is 0.321 e. The van der Waals surface area contributed by atoms with E-state index >= 15 is 0 Å². The highest BCUT2D eigenvalue weighted by molar-refractivity contribution is 5.90. The molecule has 1 aromatic carbocycles. The number of para-hydroxylation sites is 1. The fraction of sp³-hybridized carbons (Fsp3) is 0.412. The molecule has 1 aromatic heterocycles. The van der Waals surface area contributed by atoms with Gasteiger partial charge in [-0.1, -0.05) is 31.5 Å². The van der Waals surface area contributed by atoms with Gasteiger partial charge in [0.05, 0.1) is 6.54 Å². The molecule has 2 aromatic rings. The van der Waals surface area contributed by atoms with E-state index in [2.05, 4.69) is 23.4 Å². The van der Waals surface area contributed by atoms with Crippen molar-refractivity contribution in [1.29, 1.82) is 0 Å². The van der Waals surface area contributed by atoms with Gasteiger partial charge >= 0.3 is 6.03 Å². The molecule has 0 fully saturated rings. The molecule has 1 N–H and O–H groups in total. The van der Waals surface area contributed by atoms with E-state index in [0.717, 1.165) is 18.5 Å². The van der Waals surface area contributed by atoms with Gasteiger partial charge in [-0.3, -0.25) is 4.68 Å². The Balaban J connectivity index is 1.97. The number of nitrogens with one attached hydrogen (secondary N) is 1. The van der Waals surface area contributed by atoms with Crippen LogP contribution in [0.4, 0.5) is 10.5 Å². The second kappa shape index (κ2) is 8.22. The summed E-state index contributed by atoms with van der Waals surface area (Å²) in [6.07, 6.45) is 5.68. The third-order valence-electron chi connectivity index (χ3n) is 3.61. The molecule has 2 amide bonds. The maximum absolute atomic E-state index is 12.4. The highest BCUT2D eigenvalue weighted by Crippen LogP contribution is 2.17. The highest BCUT2D eigenvalue weighted by Gasteiger charge is 2.13. The molecule has 2 rings (SSSR count). The van der Waals surface area contributed by atoms with Crippen LogP contribution in [0.25, 0.3) is 0 Å². The zero-order chi connectivity index (χ0) is 15.8. The number of carbonyl (C=O) groups excluding carboxylic acids is 1. The number of likely N-dealkylation sites (N-methyl/N-ethyl adjacent to an activating group) is 1. The summed E-state index contributed by atoms with van der Waals surface area (Å²) in [5, 5.41) is 7.20. The number of anilines is 1. The van der Waals surface area contributed by atoms with Crippen molar-refractivity contribution in [1.82, 2.24) is 14.7 Å². The molecule has 0 saturated carbocycles. The molecular weight excluding hydrogens is 276 g/mol. The fourth-order valence-electron chi connectivity index (χ4n) is 2.38. The van der Waals surface area contributed by atoms with Crippen LogP contribution in [-0.2, 0) is 13.0 Å². The fourth-order valence-corrected chi connectivity index (χ4v) is 2.38. The van der Waals surface area contributed by atoms with Crippen LogP contribution in [-0.4, -0.2) is 33.8 Å². The average Bonchev–Trinajstić information content (AvgIpc) is 3.03. The van der Waals surface area contributed by atoms with E-state index in [0.29, 0.717) is 19.6 Å². The molecule has 0 unspecified atom stereocenters. The summed E-state index contributed by atoms with van der Waals surface area (Å²) >= 11 is 0. The Morgan fingerprint density at radius 1 is 1.27 bits per heavy atom. The molecule has 0 atom stereocenters. The average molecular weight is 300 g/mol. The zero-order valence-electron chi connectivity index (χ0n) is 13.3. The van der Waals surface area contributed by atoms with E-state index in [1.54, 1.807) is 11.1 Å². The first kappa shape index (κ1) is 16.1. The number of hydrogen-bond acceptors (Lipinski definition) is 2. The van der Waals surface area contributed by atoms with Crippen molar-refractivity contribution in [3.63, 3.8) is 0 Å². The minimum absolute atomic E-state index is 0.0572. The first-order valence-electron chi connectivity index (χ1n) is 7.85. The standard InChI is InChI=1S/C17H24N4O/c1-3-8-15-9-5-6-10-16(15)19-17(22)20(4-2)13-14-21-12-7-11-18-21/h5-7,9-12H,3-4,8,13-14H2,1-2H3,(H,19,22). The van der Waals surface area contributed by atoms with Crippen LogP contribution < -0.4 is 5.32 Å². The summed E-state index contributed by atoms with van der Waals surface area (Å²) in [6.45, 7) is 6.13. The number of benzene rings is 1. The number of aryl methyl sites for hydroxylation is 1. The lowest BCUT2D eigenvalue weighted by atomic mass is 10.1. The van der Waals surface area contributed by atoms with Crippen LogP contribution >= 0.6 is 0 Å². The van der Waals surface area contributed by atoms with Crippen LogP contribution in [0, 0.1) is 0 Å². The normalized spacial score (nSPS) is 10.5. The van der Waals surface area contributed by atoms with E-state index in [9.17, 15) is 4.79 Å². The topological polar surface area (TPSA) is 50.2 Å². The van der Waals surface area contributed by atoms with Gasteiger partial charge in [0.15, 0.2) is 0 Å². The number of aromatic nitrogens is 2. The first-order chi connectivity index (χ1) is 10.7. The lowest BCUT2D eigenvalue weighted by Crippen LogP contribution is -2.37. The molecule has 0 spiro atoms. The molecule has 1 heterocycles. The quantitative estimate of drug-likeness (QED) is 0.852. The maximum atomic E-state index is 12.4. The molecule has 0 aliphatic heterocycles. The van der Waals surface area contributed by atoms with Crippen molar-refractivity contribution in [3.05, 3.63) is 48.3 Å². The number of urea groups is 1. The first-order valence-corrected chi connectivity index (χ1v) is 7.85.